The molecule has 0 aliphatic heterocycles. The lowest BCUT2D eigenvalue weighted by Crippen LogP contribution is -1.97. The smallest absolute Gasteiger partial charge is 0.0416 e. The van der Waals surface area contributed by atoms with Crippen LogP contribution in [0, 0.1) is 0 Å². The van der Waals surface area contributed by atoms with Crippen LogP contribution < -0.4 is 5.32 Å². The molecule has 0 aromatic heterocycles. The molecule has 0 saturated carbocycles. The molecule has 0 aliphatic rings. The Balaban J connectivity index is 2.28. The molecule has 0 bridgehead atoms. The minimum absolute atomic E-state index is 1.05. The van der Waals surface area contributed by atoms with Crippen molar-refractivity contribution in [2.75, 3.05) is 5.32 Å². The molecule has 1 nitrogen and oxygen atoms in total. The number of rotatable bonds is 5. The second-order valence-electron chi connectivity index (χ2n) is 4.83. The molecule has 0 fully saturated rings. The lowest BCUT2D eigenvalue weighted by Gasteiger charge is -2.13. The van der Waals surface area contributed by atoms with Crippen molar-refractivity contribution in [3.63, 3.8) is 0 Å². The minimum Gasteiger partial charge on any atom is -0.355 e. The second kappa shape index (κ2) is 6.42. The van der Waals surface area contributed by atoms with Gasteiger partial charge in [0.2, 0.25) is 0 Å². The van der Waals surface area contributed by atoms with Crippen LogP contribution in [0.4, 0.5) is 11.4 Å². The summed E-state index contributed by atoms with van der Waals surface area (Å²) in [5, 5.41) is 3.55. The molecule has 1 heteroatoms. The highest BCUT2D eigenvalue weighted by atomic mass is 14.9. The van der Waals surface area contributed by atoms with Crippen molar-refractivity contribution in [2.24, 2.45) is 0 Å². The van der Waals surface area contributed by atoms with Crippen LogP contribution in [0.1, 0.15) is 37.5 Å². The van der Waals surface area contributed by atoms with E-state index in [1.54, 1.807) is 0 Å². The monoisotopic (exact) mass is 253 g/mol. The largest absolute Gasteiger partial charge is 0.355 e. The standard InChI is InChI=1S/C18H23N/c1-4-14-11-12-17(13-16(14)6-3)19-18-10-8-7-9-15(18)5-2/h7-13,19H,4-6H2,1-3H3. The highest BCUT2D eigenvalue weighted by Crippen LogP contribution is 2.24. The quantitative estimate of drug-likeness (QED) is 0.780. The lowest BCUT2D eigenvalue weighted by atomic mass is 10.0. The molecule has 0 saturated heterocycles. The summed E-state index contributed by atoms with van der Waals surface area (Å²) in [4.78, 5) is 0. The van der Waals surface area contributed by atoms with E-state index in [4.69, 9.17) is 0 Å². The van der Waals surface area contributed by atoms with Crippen molar-refractivity contribution < 1.29 is 0 Å². The SMILES string of the molecule is CCc1ccc(Nc2ccccc2CC)cc1CC. The van der Waals surface area contributed by atoms with E-state index in [0.29, 0.717) is 0 Å². The van der Waals surface area contributed by atoms with Crippen molar-refractivity contribution in [1.82, 2.24) is 0 Å². The first kappa shape index (κ1) is 13.7. The zero-order chi connectivity index (χ0) is 13.7. The van der Waals surface area contributed by atoms with Crippen molar-refractivity contribution in [1.29, 1.82) is 0 Å². The van der Waals surface area contributed by atoms with E-state index >= 15 is 0 Å². The highest BCUT2D eigenvalue weighted by molar-refractivity contribution is 5.64. The van der Waals surface area contributed by atoms with Gasteiger partial charge in [0, 0.05) is 11.4 Å². The summed E-state index contributed by atoms with van der Waals surface area (Å²) in [6, 6.07) is 15.2. The normalized spacial score (nSPS) is 10.5. The first-order valence-electron chi connectivity index (χ1n) is 7.25. The van der Waals surface area contributed by atoms with Gasteiger partial charge in [-0.15, -0.1) is 0 Å². The summed E-state index contributed by atoms with van der Waals surface area (Å²) < 4.78 is 0. The Morgan fingerprint density at radius 3 is 2.11 bits per heavy atom. The molecule has 100 valence electrons. The molecule has 0 atom stereocenters. The third kappa shape index (κ3) is 3.17. The van der Waals surface area contributed by atoms with Gasteiger partial charge in [-0.05, 0) is 54.2 Å². The predicted octanol–water partition coefficient (Wildman–Crippen LogP) is 5.12. The van der Waals surface area contributed by atoms with Crippen molar-refractivity contribution in [3.8, 4) is 0 Å². The van der Waals surface area contributed by atoms with E-state index in [0.717, 1.165) is 19.3 Å². The molecule has 0 spiro atoms. The number of para-hydroxylation sites is 1. The van der Waals surface area contributed by atoms with Gasteiger partial charge >= 0.3 is 0 Å². The number of benzene rings is 2. The molecule has 0 heterocycles. The molecule has 0 amide bonds. The first-order valence-corrected chi connectivity index (χ1v) is 7.25. The third-order valence-electron chi connectivity index (χ3n) is 3.65. The van der Waals surface area contributed by atoms with Crippen LogP contribution in [0.5, 0.6) is 0 Å². The zero-order valence-electron chi connectivity index (χ0n) is 12.2. The maximum Gasteiger partial charge on any atom is 0.0416 e. The summed E-state index contributed by atoms with van der Waals surface area (Å²) in [7, 11) is 0. The van der Waals surface area contributed by atoms with E-state index in [-0.39, 0.29) is 0 Å². The summed E-state index contributed by atoms with van der Waals surface area (Å²) in [6.45, 7) is 6.63. The average molecular weight is 253 g/mol. The van der Waals surface area contributed by atoms with Crippen LogP contribution in [-0.4, -0.2) is 0 Å². The average Bonchev–Trinajstić information content (AvgIpc) is 2.47. The van der Waals surface area contributed by atoms with Crippen LogP contribution in [0.2, 0.25) is 0 Å². The zero-order valence-corrected chi connectivity index (χ0v) is 12.2. The van der Waals surface area contributed by atoms with Crippen LogP contribution in [-0.2, 0) is 19.3 Å². The van der Waals surface area contributed by atoms with Gasteiger partial charge in [-0.1, -0.05) is 45.0 Å². The van der Waals surface area contributed by atoms with E-state index in [9.17, 15) is 0 Å². The van der Waals surface area contributed by atoms with Gasteiger partial charge < -0.3 is 5.32 Å². The molecule has 0 radical (unpaired) electrons. The van der Waals surface area contributed by atoms with Crippen LogP contribution >= 0.6 is 0 Å². The van der Waals surface area contributed by atoms with Gasteiger partial charge in [0.1, 0.15) is 0 Å². The Labute approximate surface area is 116 Å². The summed E-state index contributed by atoms with van der Waals surface area (Å²) in [5.41, 5.74) is 6.67. The number of anilines is 2. The van der Waals surface area contributed by atoms with Crippen molar-refractivity contribution >= 4 is 11.4 Å². The van der Waals surface area contributed by atoms with Gasteiger partial charge in [0.05, 0.1) is 0 Å². The lowest BCUT2D eigenvalue weighted by molar-refractivity contribution is 1.04. The molecule has 1 N–H and O–H groups in total. The number of nitrogens with one attached hydrogen (secondary N) is 1. The highest BCUT2D eigenvalue weighted by Gasteiger charge is 2.03. The van der Waals surface area contributed by atoms with E-state index in [2.05, 4.69) is 68.6 Å². The van der Waals surface area contributed by atoms with Gasteiger partial charge in [-0.3, -0.25) is 0 Å². The number of hydrogen-bond donors (Lipinski definition) is 1. The predicted molar refractivity (Wildman–Crippen MR) is 84.3 cm³/mol. The van der Waals surface area contributed by atoms with Crippen molar-refractivity contribution in [3.05, 3.63) is 59.2 Å². The molecular weight excluding hydrogens is 230 g/mol. The minimum atomic E-state index is 1.05. The maximum atomic E-state index is 3.55. The third-order valence-corrected chi connectivity index (χ3v) is 3.65. The van der Waals surface area contributed by atoms with E-state index in [1.165, 1.54) is 28.1 Å². The maximum absolute atomic E-state index is 3.55. The molecule has 2 rings (SSSR count). The fraction of sp³-hybridized carbons (Fsp3) is 0.333. The Morgan fingerprint density at radius 2 is 1.42 bits per heavy atom. The van der Waals surface area contributed by atoms with E-state index in [1.807, 2.05) is 0 Å². The first-order chi connectivity index (χ1) is 9.28. The Bertz CT molecular complexity index is 543. The van der Waals surface area contributed by atoms with Gasteiger partial charge in [0.25, 0.3) is 0 Å². The summed E-state index contributed by atoms with van der Waals surface area (Å²) >= 11 is 0. The number of aryl methyl sites for hydroxylation is 3. The topological polar surface area (TPSA) is 12.0 Å². The molecule has 19 heavy (non-hydrogen) atoms. The van der Waals surface area contributed by atoms with Gasteiger partial charge in [-0.2, -0.15) is 0 Å². The van der Waals surface area contributed by atoms with Gasteiger partial charge in [0.15, 0.2) is 0 Å². The fourth-order valence-electron chi connectivity index (χ4n) is 2.48. The van der Waals surface area contributed by atoms with Gasteiger partial charge in [-0.25, -0.2) is 0 Å². The summed E-state index contributed by atoms with van der Waals surface area (Å²) in [6.07, 6.45) is 3.25. The Kier molecular flexibility index (Phi) is 4.62. The van der Waals surface area contributed by atoms with Crippen molar-refractivity contribution in [2.45, 2.75) is 40.0 Å². The number of hydrogen-bond acceptors (Lipinski definition) is 1. The molecule has 0 aliphatic carbocycles. The van der Waals surface area contributed by atoms with Crippen LogP contribution in [0.25, 0.3) is 0 Å². The fourth-order valence-corrected chi connectivity index (χ4v) is 2.48. The molecular formula is C18H23N. The molecule has 2 aromatic carbocycles. The van der Waals surface area contributed by atoms with E-state index < -0.39 is 0 Å². The summed E-state index contributed by atoms with van der Waals surface area (Å²) in [5.74, 6) is 0. The van der Waals surface area contributed by atoms with Crippen LogP contribution in [0.15, 0.2) is 42.5 Å². The molecule has 0 unspecified atom stereocenters. The molecule has 2 aromatic rings. The van der Waals surface area contributed by atoms with Crippen LogP contribution in [0.3, 0.4) is 0 Å². The Morgan fingerprint density at radius 1 is 0.737 bits per heavy atom. The second-order valence-corrected chi connectivity index (χ2v) is 4.83. The Hall–Kier alpha value is -1.76.